The van der Waals surface area contributed by atoms with Crippen LogP contribution in [-0.2, 0) is 19.9 Å². The minimum absolute atomic E-state index is 0.0133. The highest BCUT2D eigenvalue weighted by Crippen LogP contribution is 2.32. The van der Waals surface area contributed by atoms with E-state index < -0.39 is 43.5 Å². The Morgan fingerprint density at radius 3 is 2.35 bits per heavy atom. The maximum atomic E-state index is 13.3. The number of methoxy groups -OCH3 is 1. The Balaban J connectivity index is 2.17. The molecular formula is C17H19NO6S2. The van der Waals surface area contributed by atoms with Crippen LogP contribution < -0.4 is 9.04 Å². The molecule has 0 bridgehead atoms. The van der Waals surface area contributed by atoms with Gasteiger partial charge in [0.15, 0.2) is 9.84 Å². The molecule has 9 heteroatoms. The third kappa shape index (κ3) is 3.55. The third-order valence-corrected chi connectivity index (χ3v) is 7.77. The number of ether oxygens (including phenoxy) is 1. The van der Waals surface area contributed by atoms with Crippen molar-refractivity contribution in [2.24, 2.45) is 0 Å². The lowest BCUT2D eigenvalue weighted by atomic mass is 10.2. The van der Waals surface area contributed by atoms with E-state index in [1.807, 2.05) is 0 Å². The molecule has 2 atom stereocenters. The maximum Gasteiger partial charge on any atom is 0.264 e. The first-order chi connectivity index (χ1) is 12.2. The highest BCUT2D eigenvalue weighted by atomic mass is 32.2. The lowest BCUT2D eigenvalue weighted by molar-refractivity contribution is 0.184. The van der Waals surface area contributed by atoms with E-state index in [2.05, 4.69) is 0 Å². The Hall–Kier alpha value is -2.10. The van der Waals surface area contributed by atoms with Crippen LogP contribution in [0.3, 0.4) is 0 Å². The molecule has 0 radical (unpaired) electrons. The summed E-state index contributed by atoms with van der Waals surface area (Å²) in [4.78, 5) is 0.0133. The number of aliphatic hydroxyl groups excluding tert-OH is 1. The average Bonchev–Trinajstić information content (AvgIpc) is 2.88. The largest absolute Gasteiger partial charge is 0.497 e. The van der Waals surface area contributed by atoms with Crippen molar-refractivity contribution in [2.45, 2.75) is 17.0 Å². The number of hydrogen-bond acceptors (Lipinski definition) is 6. The van der Waals surface area contributed by atoms with Crippen LogP contribution in [-0.4, -0.2) is 52.7 Å². The van der Waals surface area contributed by atoms with E-state index in [1.54, 1.807) is 36.4 Å². The van der Waals surface area contributed by atoms with Crippen molar-refractivity contribution in [1.29, 1.82) is 0 Å². The normalized spacial score (nSPS) is 22.1. The van der Waals surface area contributed by atoms with E-state index >= 15 is 0 Å². The zero-order chi connectivity index (χ0) is 18.9. The molecule has 140 valence electrons. The molecule has 26 heavy (non-hydrogen) atoms. The average molecular weight is 397 g/mol. The molecule has 0 amide bonds. The highest BCUT2D eigenvalue weighted by Gasteiger charge is 2.45. The molecule has 3 rings (SSSR count). The molecule has 1 N–H and O–H groups in total. The van der Waals surface area contributed by atoms with Gasteiger partial charge in [-0.3, -0.25) is 4.31 Å². The minimum atomic E-state index is -4.09. The van der Waals surface area contributed by atoms with Gasteiger partial charge >= 0.3 is 0 Å². The van der Waals surface area contributed by atoms with Gasteiger partial charge in [0.25, 0.3) is 10.0 Å². The van der Waals surface area contributed by atoms with E-state index in [9.17, 15) is 21.9 Å². The van der Waals surface area contributed by atoms with Crippen LogP contribution in [0.1, 0.15) is 0 Å². The van der Waals surface area contributed by atoms with Gasteiger partial charge in [-0.15, -0.1) is 0 Å². The van der Waals surface area contributed by atoms with Crippen LogP contribution >= 0.6 is 0 Å². The van der Waals surface area contributed by atoms with E-state index in [0.29, 0.717) is 5.75 Å². The summed E-state index contributed by atoms with van der Waals surface area (Å²) in [5.41, 5.74) is 0.231. The van der Waals surface area contributed by atoms with Crippen molar-refractivity contribution in [3.8, 4) is 5.75 Å². The third-order valence-electron chi connectivity index (χ3n) is 4.20. The number of hydrogen-bond donors (Lipinski definition) is 1. The van der Waals surface area contributed by atoms with E-state index in [-0.39, 0.29) is 10.6 Å². The molecule has 2 unspecified atom stereocenters. The smallest absolute Gasteiger partial charge is 0.264 e. The van der Waals surface area contributed by atoms with Gasteiger partial charge in [-0.25, -0.2) is 16.8 Å². The molecule has 2 aromatic carbocycles. The van der Waals surface area contributed by atoms with Crippen LogP contribution in [0.4, 0.5) is 5.69 Å². The summed E-state index contributed by atoms with van der Waals surface area (Å²) in [5.74, 6) is -0.494. The van der Waals surface area contributed by atoms with Crippen LogP contribution in [0, 0.1) is 0 Å². The second kappa shape index (κ2) is 6.90. The summed E-state index contributed by atoms with van der Waals surface area (Å²) in [7, 11) is -6.19. The molecule has 1 heterocycles. The number of nitrogens with zero attached hydrogens (tertiary/aromatic N) is 1. The van der Waals surface area contributed by atoms with Gasteiger partial charge < -0.3 is 9.84 Å². The number of sulfonamides is 1. The predicted octanol–water partition coefficient (Wildman–Crippen LogP) is 1.05. The van der Waals surface area contributed by atoms with E-state index in [1.165, 1.54) is 25.3 Å². The van der Waals surface area contributed by atoms with Gasteiger partial charge in [-0.1, -0.05) is 24.3 Å². The van der Waals surface area contributed by atoms with Crippen LogP contribution in [0.2, 0.25) is 0 Å². The second-order valence-corrected chi connectivity index (χ2v) is 10.00. The fraction of sp³-hybridized carbons (Fsp3) is 0.294. The standard InChI is InChI=1S/C17H19NO6S2/c1-24-14-7-5-6-13(10-14)18(16-11-25(20,21)12-17(16)19)26(22,23)15-8-3-2-4-9-15/h2-10,16-17,19H,11-12H2,1H3. The summed E-state index contributed by atoms with van der Waals surface area (Å²) < 4.78 is 56.6. The first kappa shape index (κ1) is 18.7. The van der Waals surface area contributed by atoms with Crippen LogP contribution in [0.25, 0.3) is 0 Å². The Kier molecular flexibility index (Phi) is 4.96. The Morgan fingerprint density at radius 1 is 1.08 bits per heavy atom. The molecule has 0 aliphatic carbocycles. The summed E-state index contributed by atoms with van der Waals surface area (Å²) in [5, 5.41) is 10.3. The van der Waals surface area contributed by atoms with Gasteiger partial charge in [0.2, 0.25) is 0 Å². The Labute approximate surface area is 152 Å². The monoisotopic (exact) mass is 397 g/mol. The SMILES string of the molecule is COc1cccc(N(C2CS(=O)(=O)CC2O)S(=O)(=O)c2ccccc2)c1. The summed E-state index contributed by atoms with van der Waals surface area (Å²) >= 11 is 0. The molecule has 0 aromatic heterocycles. The molecule has 2 aromatic rings. The molecule has 1 aliphatic heterocycles. The zero-order valence-corrected chi connectivity index (χ0v) is 15.7. The quantitative estimate of drug-likeness (QED) is 0.809. The van der Waals surface area contributed by atoms with Gasteiger partial charge in [0.1, 0.15) is 5.75 Å². The van der Waals surface area contributed by atoms with Crippen LogP contribution in [0.5, 0.6) is 5.75 Å². The Morgan fingerprint density at radius 2 is 1.77 bits per heavy atom. The number of sulfone groups is 1. The summed E-state index contributed by atoms with van der Waals surface area (Å²) in [6.07, 6.45) is -1.32. The van der Waals surface area contributed by atoms with E-state index in [4.69, 9.17) is 4.74 Å². The topological polar surface area (TPSA) is 101 Å². The predicted molar refractivity (Wildman–Crippen MR) is 97.5 cm³/mol. The number of benzene rings is 2. The highest BCUT2D eigenvalue weighted by molar-refractivity contribution is 7.93. The maximum absolute atomic E-state index is 13.3. The van der Waals surface area contributed by atoms with Gasteiger partial charge in [0.05, 0.1) is 41.3 Å². The molecule has 1 aliphatic rings. The summed E-state index contributed by atoms with van der Waals surface area (Å²) in [6, 6.07) is 12.9. The zero-order valence-electron chi connectivity index (χ0n) is 14.0. The number of anilines is 1. The molecule has 7 nitrogen and oxygen atoms in total. The Bertz CT molecular complexity index is 989. The van der Waals surface area contributed by atoms with Crippen molar-refractivity contribution < 1.29 is 26.7 Å². The lowest BCUT2D eigenvalue weighted by Crippen LogP contribution is -2.47. The van der Waals surface area contributed by atoms with Gasteiger partial charge in [0, 0.05) is 6.07 Å². The van der Waals surface area contributed by atoms with Crippen molar-refractivity contribution in [1.82, 2.24) is 0 Å². The molecule has 0 saturated carbocycles. The first-order valence-corrected chi connectivity index (χ1v) is 11.1. The number of rotatable bonds is 5. The van der Waals surface area contributed by atoms with Crippen molar-refractivity contribution in [3.05, 3.63) is 54.6 Å². The van der Waals surface area contributed by atoms with E-state index in [0.717, 1.165) is 4.31 Å². The second-order valence-electron chi connectivity index (χ2n) is 6.03. The van der Waals surface area contributed by atoms with Gasteiger partial charge in [-0.2, -0.15) is 0 Å². The minimum Gasteiger partial charge on any atom is -0.497 e. The first-order valence-electron chi connectivity index (χ1n) is 7.86. The summed E-state index contributed by atoms with van der Waals surface area (Å²) in [6.45, 7) is 0. The number of aliphatic hydroxyl groups is 1. The van der Waals surface area contributed by atoms with Gasteiger partial charge in [-0.05, 0) is 24.3 Å². The molecule has 1 fully saturated rings. The fourth-order valence-corrected chi connectivity index (χ4v) is 6.55. The van der Waals surface area contributed by atoms with Crippen molar-refractivity contribution in [2.75, 3.05) is 22.9 Å². The lowest BCUT2D eigenvalue weighted by Gasteiger charge is -2.31. The van der Waals surface area contributed by atoms with Crippen molar-refractivity contribution >= 4 is 25.5 Å². The van der Waals surface area contributed by atoms with Crippen LogP contribution in [0.15, 0.2) is 59.5 Å². The fourth-order valence-electron chi connectivity index (χ4n) is 3.00. The molecule has 1 saturated heterocycles. The molecule has 0 spiro atoms. The molecular weight excluding hydrogens is 378 g/mol. The van der Waals surface area contributed by atoms with Crippen molar-refractivity contribution in [3.63, 3.8) is 0 Å².